The molecule has 0 aliphatic carbocycles. The molecule has 2 aromatic heterocycles. The van der Waals surface area contributed by atoms with E-state index in [1.165, 1.54) is 11.3 Å². The van der Waals surface area contributed by atoms with Gasteiger partial charge in [-0.1, -0.05) is 29.5 Å². The van der Waals surface area contributed by atoms with Crippen LogP contribution in [0.25, 0.3) is 6.08 Å². The van der Waals surface area contributed by atoms with E-state index in [-0.39, 0.29) is 11.5 Å². The second kappa shape index (κ2) is 10.2. The van der Waals surface area contributed by atoms with E-state index in [2.05, 4.69) is 15.3 Å². The fraction of sp³-hybridized carbons (Fsp3) is 0.143. The predicted octanol–water partition coefficient (Wildman–Crippen LogP) is 3.29. The summed E-state index contributed by atoms with van der Waals surface area (Å²) in [6.07, 6.45) is 5.14. The van der Waals surface area contributed by atoms with Crippen LogP contribution >= 0.6 is 11.3 Å². The van der Waals surface area contributed by atoms with Crippen LogP contribution in [0.3, 0.4) is 0 Å². The van der Waals surface area contributed by atoms with Crippen molar-refractivity contribution in [3.05, 3.63) is 115 Å². The molecule has 1 atom stereocenters. The van der Waals surface area contributed by atoms with Gasteiger partial charge < -0.3 is 14.8 Å². The van der Waals surface area contributed by atoms with Crippen LogP contribution in [-0.2, 0) is 4.79 Å². The molecule has 8 nitrogen and oxygen atoms in total. The maximum atomic E-state index is 13.8. The maximum absolute atomic E-state index is 13.8. The Bertz CT molecular complexity index is 1670. The van der Waals surface area contributed by atoms with E-state index >= 15 is 0 Å². The smallest absolute Gasteiger partial charge is 0.271 e. The molecule has 4 aromatic rings. The summed E-state index contributed by atoms with van der Waals surface area (Å²) in [6.45, 7) is 1.78. The van der Waals surface area contributed by atoms with Crippen molar-refractivity contribution in [3.63, 3.8) is 0 Å². The number of carbonyl (C=O) groups is 1. The summed E-state index contributed by atoms with van der Waals surface area (Å²) < 4.78 is 13.1. The number of amides is 1. The first kappa shape index (κ1) is 24.2. The molecule has 0 bridgehead atoms. The van der Waals surface area contributed by atoms with E-state index < -0.39 is 6.04 Å². The number of hydrogen-bond acceptors (Lipinski definition) is 7. The summed E-state index contributed by atoms with van der Waals surface area (Å²) in [6, 6.07) is 17.4. The number of nitrogens with one attached hydrogen (secondary N) is 1. The number of aromatic nitrogens is 2. The standard InChI is InChI=1S/C28H24N4O4S/c1-17-24(26(33)31-19-7-5-4-6-8-19)25(21-10-9-20(35-2)16-22(21)36-3)32-27(34)23(37-28(32)30-17)15-18-11-13-29-14-12-18/h4-16,25H,1-3H3,(H,31,33)/b23-15-/t25-/m0/s1. The molecule has 0 spiro atoms. The molecule has 3 heterocycles. The summed E-state index contributed by atoms with van der Waals surface area (Å²) in [7, 11) is 3.12. The van der Waals surface area contributed by atoms with Crippen molar-refractivity contribution in [1.29, 1.82) is 0 Å². The van der Waals surface area contributed by atoms with Crippen LogP contribution in [0.4, 0.5) is 5.69 Å². The fourth-order valence-corrected chi connectivity index (χ4v) is 5.33. The molecular weight excluding hydrogens is 488 g/mol. The van der Waals surface area contributed by atoms with Crippen molar-refractivity contribution >= 4 is 29.0 Å². The Hall–Kier alpha value is -4.50. The molecule has 1 amide bonds. The molecule has 5 rings (SSSR count). The van der Waals surface area contributed by atoms with Gasteiger partial charge in [0.1, 0.15) is 17.5 Å². The highest BCUT2D eigenvalue weighted by molar-refractivity contribution is 7.07. The Kier molecular flexibility index (Phi) is 6.70. The van der Waals surface area contributed by atoms with Gasteiger partial charge in [-0.3, -0.25) is 19.1 Å². The average Bonchev–Trinajstić information content (AvgIpc) is 3.22. The van der Waals surface area contributed by atoms with Crippen LogP contribution in [0.15, 0.2) is 94.1 Å². The monoisotopic (exact) mass is 512 g/mol. The van der Waals surface area contributed by atoms with Gasteiger partial charge in [0, 0.05) is 29.7 Å². The Balaban J connectivity index is 1.72. The predicted molar refractivity (Wildman–Crippen MR) is 143 cm³/mol. The van der Waals surface area contributed by atoms with Gasteiger partial charge in [-0.15, -0.1) is 0 Å². The molecule has 37 heavy (non-hydrogen) atoms. The number of allylic oxidation sites excluding steroid dienone is 1. The first-order valence-electron chi connectivity index (χ1n) is 11.5. The van der Waals surface area contributed by atoms with Crippen molar-refractivity contribution in [3.8, 4) is 11.5 Å². The normalized spacial score (nSPS) is 15.1. The molecule has 0 fully saturated rings. The third-order valence-electron chi connectivity index (χ3n) is 6.04. The number of thiazole rings is 1. The van der Waals surface area contributed by atoms with Crippen molar-refractivity contribution in [2.75, 3.05) is 19.5 Å². The largest absolute Gasteiger partial charge is 0.497 e. The Morgan fingerprint density at radius 2 is 1.81 bits per heavy atom. The Morgan fingerprint density at radius 3 is 2.51 bits per heavy atom. The molecular formula is C28H24N4O4S. The molecule has 0 saturated heterocycles. The minimum absolute atomic E-state index is 0.249. The van der Waals surface area contributed by atoms with E-state index in [1.54, 1.807) is 68.4 Å². The van der Waals surface area contributed by atoms with Crippen LogP contribution in [0.5, 0.6) is 11.5 Å². The van der Waals surface area contributed by atoms with Gasteiger partial charge in [-0.25, -0.2) is 4.99 Å². The Morgan fingerprint density at radius 1 is 1.05 bits per heavy atom. The number of methoxy groups -OCH3 is 2. The van der Waals surface area contributed by atoms with Crippen LogP contribution < -0.4 is 29.7 Å². The van der Waals surface area contributed by atoms with E-state index in [4.69, 9.17) is 9.47 Å². The average molecular weight is 513 g/mol. The minimum atomic E-state index is -0.764. The number of para-hydroxylation sites is 1. The number of ether oxygens (including phenoxy) is 2. The number of fused-ring (bicyclic) bond motifs is 1. The lowest BCUT2D eigenvalue weighted by molar-refractivity contribution is -0.113. The third kappa shape index (κ3) is 4.68. The second-order valence-electron chi connectivity index (χ2n) is 8.29. The van der Waals surface area contributed by atoms with Gasteiger partial charge in [-0.05, 0) is 55.0 Å². The van der Waals surface area contributed by atoms with Gasteiger partial charge in [0.2, 0.25) is 0 Å². The summed E-state index contributed by atoms with van der Waals surface area (Å²) in [5.41, 5.74) is 2.76. The number of anilines is 1. The van der Waals surface area contributed by atoms with Crippen LogP contribution in [0.1, 0.15) is 24.1 Å². The lowest BCUT2D eigenvalue weighted by atomic mass is 9.94. The quantitative estimate of drug-likeness (QED) is 0.428. The van der Waals surface area contributed by atoms with E-state index in [0.29, 0.717) is 43.4 Å². The number of benzene rings is 2. The highest BCUT2D eigenvalue weighted by Gasteiger charge is 2.34. The van der Waals surface area contributed by atoms with E-state index in [9.17, 15) is 9.59 Å². The third-order valence-corrected chi connectivity index (χ3v) is 7.02. The number of nitrogens with zero attached hydrogens (tertiary/aromatic N) is 3. The van der Waals surface area contributed by atoms with Crippen LogP contribution in [0, 0.1) is 0 Å². The lowest BCUT2D eigenvalue weighted by Gasteiger charge is -2.26. The molecule has 1 aliphatic heterocycles. The zero-order valence-corrected chi connectivity index (χ0v) is 21.3. The van der Waals surface area contributed by atoms with E-state index in [0.717, 1.165) is 5.56 Å². The molecule has 0 radical (unpaired) electrons. The zero-order chi connectivity index (χ0) is 25.9. The fourth-order valence-electron chi connectivity index (χ4n) is 4.28. The zero-order valence-electron chi connectivity index (χ0n) is 20.5. The SMILES string of the molecule is COc1ccc([C@H]2C(C(=O)Nc3ccccc3)=C(C)N=c3s/c(=C\c4ccncc4)c(=O)n32)c(OC)c1. The van der Waals surface area contributed by atoms with Crippen molar-refractivity contribution in [2.24, 2.45) is 4.99 Å². The van der Waals surface area contributed by atoms with Crippen LogP contribution in [-0.4, -0.2) is 29.7 Å². The summed E-state index contributed by atoms with van der Waals surface area (Å²) in [5, 5.41) is 2.95. The number of hydrogen-bond donors (Lipinski definition) is 1. The van der Waals surface area contributed by atoms with Gasteiger partial charge in [0.05, 0.1) is 30.0 Å². The molecule has 186 valence electrons. The van der Waals surface area contributed by atoms with E-state index in [1.807, 2.05) is 36.4 Å². The van der Waals surface area contributed by atoms with Crippen molar-refractivity contribution in [1.82, 2.24) is 9.55 Å². The van der Waals surface area contributed by atoms with Gasteiger partial charge in [0.25, 0.3) is 11.5 Å². The minimum Gasteiger partial charge on any atom is -0.497 e. The van der Waals surface area contributed by atoms with Crippen LogP contribution in [0.2, 0.25) is 0 Å². The first-order valence-corrected chi connectivity index (χ1v) is 12.3. The molecule has 1 N–H and O–H groups in total. The topological polar surface area (TPSA) is 94.8 Å². The number of pyridine rings is 1. The highest BCUT2D eigenvalue weighted by Crippen LogP contribution is 2.37. The van der Waals surface area contributed by atoms with Crippen molar-refractivity contribution < 1.29 is 14.3 Å². The number of rotatable bonds is 6. The van der Waals surface area contributed by atoms with Gasteiger partial charge in [0.15, 0.2) is 4.80 Å². The molecule has 2 aromatic carbocycles. The second-order valence-corrected chi connectivity index (χ2v) is 9.30. The summed E-state index contributed by atoms with van der Waals surface area (Å²) >= 11 is 1.27. The molecule has 1 aliphatic rings. The highest BCUT2D eigenvalue weighted by atomic mass is 32.1. The van der Waals surface area contributed by atoms with Gasteiger partial charge in [-0.2, -0.15) is 0 Å². The van der Waals surface area contributed by atoms with Gasteiger partial charge >= 0.3 is 0 Å². The summed E-state index contributed by atoms with van der Waals surface area (Å²) in [4.78, 5) is 36.7. The molecule has 0 unspecified atom stereocenters. The lowest BCUT2D eigenvalue weighted by Crippen LogP contribution is -2.40. The first-order chi connectivity index (χ1) is 18.0. The Labute approximate surface area is 216 Å². The molecule has 9 heteroatoms. The summed E-state index contributed by atoms with van der Waals surface area (Å²) in [5.74, 6) is 0.744. The maximum Gasteiger partial charge on any atom is 0.271 e. The number of carbonyl (C=O) groups excluding carboxylic acids is 1. The van der Waals surface area contributed by atoms with Crippen molar-refractivity contribution in [2.45, 2.75) is 13.0 Å². The molecule has 0 saturated carbocycles.